The first kappa shape index (κ1) is 16.2. The molecule has 0 radical (unpaired) electrons. The number of aryl methyl sites for hydroxylation is 1. The summed E-state index contributed by atoms with van der Waals surface area (Å²) in [4.78, 5) is 24.0. The molecule has 0 aliphatic carbocycles. The lowest BCUT2D eigenvalue weighted by Crippen LogP contribution is -2.22. The standard InChI is InChI=1S/C18H17N3O2/c1-2-13-7-3-5-9-15(13)20-17(22)11-18(23)21-16-10-6-4-8-14(16)12-19/h3-10H,2,11H2,1H3,(H,20,22)(H,21,23). The number of amides is 2. The molecule has 5 heteroatoms. The molecule has 116 valence electrons. The number of nitrogens with one attached hydrogen (secondary N) is 2. The third-order valence-electron chi connectivity index (χ3n) is 3.32. The van der Waals surface area contributed by atoms with Gasteiger partial charge in [-0.25, -0.2) is 0 Å². The van der Waals surface area contributed by atoms with E-state index in [-0.39, 0.29) is 6.42 Å². The fourth-order valence-corrected chi connectivity index (χ4v) is 2.17. The molecule has 0 atom stereocenters. The van der Waals surface area contributed by atoms with Crippen molar-refractivity contribution >= 4 is 23.2 Å². The van der Waals surface area contributed by atoms with Crippen LogP contribution in [0, 0.1) is 11.3 Å². The van der Waals surface area contributed by atoms with Gasteiger partial charge in [0.25, 0.3) is 0 Å². The predicted octanol–water partition coefficient (Wildman–Crippen LogP) is 3.09. The number of nitriles is 1. The Morgan fingerprint density at radius 1 is 0.957 bits per heavy atom. The molecule has 0 aromatic heterocycles. The summed E-state index contributed by atoms with van der Waals surface area (Å²) in [5, 5.41) is 14.3. The minimum absolute atomic E-state index is 0.308. The van der Waals surface area contributed by atoms with Crippen LogP contribution < -0.4 is 10.6 Å². The van der Waals surface area contributed by atoms with Crippen LogP contribution in [0.5, 0.6) is 0 Å². The zero-order valence-corrected chi connectivity index (χ0v) is 12.8. The Morgan fingerprint density at radius 2 is 1.52 bits per heavy atom. The van der Waals surface area contributed by atoms with Gasteiger partial charge in [-0.1, -0.05) is 37.3 Å². The maximum atomic E-state index is 12.0. The molecule has 2 rings (SSSR count). The SMILES string of the molecule is CCc1ccccc1NC(=O)CC(=O)Nc1ccccc1C#N. The number of anilines is 2. The molecule has 2 aromatic carbocycles. The van der Waals surface area contributed by atoms with E-state index in [2.05, 4.69) is 10.6 Å². The smallest absolute Gasteiger partial charge is 0.233 e. The number of nitrogens with zero attached hydrogens (tertiary/aromatic N) is 1. The summed E-state index contributed by atoms with van der Waals surface area (Å²) in [7, 11) is 0. The second kappa shape index (κ2) is 7.76. The number of benzene rings is 2. The molecule has 0 saturated carbocycles. The highest BCUT2D eigenvalue weighted by atomic mass is 16.2. The summed E-state index contributed by atoms with van der Waals surface area (Å²) in [5.74, 6) is -0.850. The lowest BCUT2D eigenvalue weighted by Gasteiger charge is -2.10. The van der Waals surface area contributed by atoms with Crippen LogP contribution in [0.2, 0.25) is 0 Å². The number of para-hydroxylation sites is 2. The lowest BCUT2D eigenvalue weighted by molar-refractivity contribution is -0.123. The Kier molecular flexibility index (Phi) is 5.48. The van der Waals surface area contributed by atoms with Crippen LogP contribution in [0.15, 0.2) is 48.5 Å². The van der Waals surface area contributed by atoms with Crippen molar-refractivity contribution in [3.05, 3.63) is 59.7 Å². The number of hydrogen-bond acceptors (Lipinski definition) is 3. The van der Waals surface area contributed by atoms with Crippen molar-refractivity contribution in [3.63, 3.8) is 0 Å². The van der Waals surface area contributed by atoms with E-state index in [1.54, 1.807) is 30.3 Å². The second-order valence-corrected chi connectivity index (χ2v) is 4.94. The van der Waals surface area contributed by atoms with Gasteiger partial charge in [0, 0.05) is 5.69 Å². The van der Waals surface area contributed by atoms with Gasteiger partial charge >= 0.3 is 0 Å². The molecular weight excluding hydrogens is 290 g/mol. The average molecular weight is 307 g/mol. The molecular formula is C18H17N3O2. The maximum absolute atomic E-state index is 12.0. The van der Waals surface area contributed by atoms with E-state index in [9.17, 15) is 9.59 Å². The van der Waals surface area contributed by atoms with Gasteiger partial charge in [0.15, 0.2) is 0 Å². The summed E-state index contributed by atoms with van der Waals surface area (Å²) in [6.45, 7) is 2.00. The van der Waals surface area contributed by atoms with Crippen molar-refractivity contribution < 1.29 is 9.59 Å². The van der Waals surface area contributed by atoms with Crippen molar-refractivity contribution in [1.82, 2.24) is 0 Å². The average Bonchev–Trinajstić information content (AvgIpc) is 2.55. The largest absolute Gasteiger partial charge is 0.325 e. The van der Waals surface area contributed by atoms with Crippen LogP contribution in [0.3, 0.4) is 0 Å². The molecule has 0 saturated heterocycles. The number of hydrogen-bond donors (Lipinski definition) is 2. The van der Waals surface area contributed by atoms with Crippen molar-refractivity contribution in [2.45, 2.75) is 19.8 Å². The molecule has 0 bridgehead atoms. The molecule has 0 unspecified atom stereocenters. The zero-order valence-electron chi connectivity index (χ0n) is 12.8. The highest BCUT2D eigenvalue weighted by Gasteiger charge is 2.12. The Bertz CT molecular complexity index is 763. The van der Waals surface area contributed by atoms with Crippen LogP contribution in [0.25, 0.3) is 0 Å². The van der Waals surface area contributed by atoms with E-state index >= 15 is 0 Å². The summed E-state index contributed by atoms with van der Waals surface area (Å²) in [5.41, 5.74) is 2.49. The van der Waals surface area contributed by atoms with Gasteiger partial charge in [0.05, 0.1) is 11.3 Å². The molecule has 23 heavy (non-hydrogen) atoms. The maximum Gasteiger partial charge on any atom is 0.233 e. The molecule has 0 spiro atoms. The first-order valence-electron chi connectivity index (χ1n) is 7.30. The molecule has 2 amide bonds. The highest BCUT2D eigenvalue weighted by molar-refractivity contribution is 6.08. The number of carbonyl (C=O) groups excluding carboxylic acids is 2. The Balaban J connectivity index is 1.98. The highest BCUT2D eigenvalue weighted by Crippen LogP contribution is 2.16. The fraction of sp³-hybridized carbons (Fsp3) is 0.167. The van der Waals surface area contributed by atoms with Gasteiger partial charge in [0.2, 0.25) is 11.8 Å². The fourth-order valence-electron chi connectivity index (χ4n) is 2.17. The molecule has 5 nitrogen and oxygen atoms in total. The van der Waals surface area contributed by atoms with E-state index < -0.39 is 11.8 Å². The van der Waals surface area contributed by atoms with Crippen molar-refractivity contribution in [2.75, 3.05) is 10.6 Å². The summed E-state index contributed by atoms with van der Waals surface area (Å²) < 4.78 is 0. The van der Waals surface area contributed by atoms with E-state index in [1.807, 2.05) is 31.2 Å². The minimum Gasteiger partial charge on any atom is -0.325 e. The Morgan fingerprint density at radius 3 is 2.17 bits per heavy atom. The monoisotopic (exact) mass is 307 g/mol. The first-order chi connectivity index (χ1) is 11.1. The van der Waals surface area contributed by atoms with Gasteiger partial charge in [0.1, 0.15) is 12.5 Å². The van der Waals surface area contributed by atoms with Crippen LogP contribution in [-0.4, -0.2) is 11.8 Å². The van der Waals surface area contributed by atoms with Crippen molar-refractivity contribution in [3.8, 4) is 6.07 Å². The zero-order chi connectivity index (χ0) is 16.7. The third-order valence-corrected chi connectivity index (χ3v) is 3.32. The molecule has 2 N–H and O–H groups in total. The summed E-state index contributed by atoms with van der Waals surface area (Å²) in [6, 6.07) is 16.1. The summed E-state index contributed by atoms with van der Waals surface area (Å²) >= 11 is 0. The first-order valence-corrected chi connectivity index (χ1v) is 7.30. The number of rotatable bonds is 5. The van der Waals surface area contributed by atoms with E-state index in [0.29, 0.717) is 16.9 Å². The molecule has 0 fully saturated rings. The van der Waals surface area contributed by atoms with Crippen LogP contribution in [0.1, 0.15) is 24.5 Å². The van der Waals surface area contributed by atoms with Gasteiger partial charge in [-0.3, -0.25) is 9.59 Å². The number of carbonyl (C=O) groups is 2. The van der Waals surface area contributed by atoms with Crippen LogP contribution in [-0.2, 0) is 16.0 Å². The molecule has 0 aliphatic heterocycles. The van der Waals surface area contributed by atoms with Gasteiger partial charge in [-0.2, -0.15) is 5.26 Å². The topological polar surface area (TPSA) is 82.0 Å². The van der Waals surface area contributed by atoms with E-state index in [0.717, 1.165) is 12.0 Å². The Hall–Kier alpha value is -3.13. The Labute approximate surface area is 134 Å². The van der Waals surface area contributed by atoms with Gasteiger partial charge < -0.3 is 10.6 Å². The van der Waals surface area contributed by atoms with E-state index in [1.165, 1.54) is 0 Å². The minimum atomic E-state index is -0.459. The van der Waals surface area contributed by atoms with Crippen molar-refractivity contribution in [1.29, 1.82) is 5.26 Å². The second-order valence-electron chi connectivity index (χ2n) is 4.94. The van der Waals surface area contributed by atoms with Crippen LogP contribution >= 0.6 is 0 Å². The molecule has 2 aromatic rings. The van der Waals surface area contributed by atoms with Gasteiger partial charge in [-0.05, 0) is 30.2 Å². The quantitative estimate of drug-likeness (QED) is 0.833. The van der Waals surface area contributed by atoms with E-state index in [4.69, 9.17) is 5.26 Å². The van der Waals surface area contributed by atoms with Crippen LogP contribution in [0.4, 0.5) is 11.4 Å². The molecule has 0 heterocycles. The normalized spacial score (nSPS) is 9.74. The predicted molar refractivity (Wildman–Crippen MR) is 88.9 cm³/mol. The molecule has 0 aliphatic rings. The van der Waals surface area contributed by atoms with Crippen molar-refractivity contribution in [2.24, 2.45) is 0 Å². The van der Waals surface area contributed by atoms with Gasteiger partial charge in [-0.15, -0.1) is 0 Å². The summed E-state index contributed by atoms with van der Waals surface area (Å²) in [6.07, 6.45) is 0.482. The third kappa shape index (κ3) is 4.42. The lowest BCUT2D eigenvalue weighted by atomic mass is 10.1.